The van der Waals surface area contributed by atoms with Crippen LogP contribution in [0.5, 0.6) is 0 Å². The summed E-state index contributed by atoms with van der Waals surface area (Å²) < 4.78 is 40.8. The Balaban J connectivity index is 2.42. The van der Waals surface area contributed by atoms with E-state index in [1.54, 1.807) is 44.2 Å². The molecule has 10 heteroatoms. The Morgan fingerprint density at radius 3 is 2.22 bits per heavy atom. The Bertz CT molecular complexity index is 1080. The van der Waals surface area contributed by atoms with Crippen molar-refractivity contribution in [3.63, 3.8) is 0 Å². The van der Waals surface area contributed by atoms with E-state index in [-0.39, 0.29) is 23.8 Å². The lowest BCUT2D eigenvalue weighted by molar-refractivity contribution is -0.139. The molecule has 0 aliphatic carbocycles. The van der Waals surface area contributed by atoms with Gasteiger partial charge in [-0.2, -0.15) is 0 Å². The summed E-state index contributed by atoms with van der Waals surface area (Å²) >= 11 is 3.31. The standard InChI is InChI=1S/C22H27BrFN3O4S/c1-15(2)25-22(29)16(3)26(13-17-9-5-7-11-19(17)24)21(28)14-27(32(4,30)31)20-12-8-6-10-18(20)23/h5-12,15-16H,13-14H2,1-4H3,(H,25,29)/t16-/m1/s1. The third kappa shape index (κ3) is 6.77. The molecular weight excluding hydrogens is 501 g/mol. The van der Waals surface area contributed by atoms with Crippen molar-refractivity contribution in [3.05, 3.63) is 64.4 Å². The maximum atomic E-state index is 14.3. The normalized spacial score (nSPS) is 12.3. The number of benzene rings is 2. The molecule has 0 bridgehead atoms. The van der Waals surface area contributed by atoms with Gasteiger partial charge < -0.3 is 10.2 Å². The number of halogens is 2. The van der Waals surface area contributed by atoms with Gasteiger partial charge in [0.15, 0.2) is 0 Å². The van der Waals surface area contributed by atoms with Crippen LogP contribution in [0.25, 0.3) is 0 Å². The molecule has 2 aromatic rings. The molecule has 0 saturated heterocycles. The average molecular weight is 528 g/mol. The first-order valence-corrected chi connectivity index (χ1v) is 12.6. The van der Waals surface area contributed by atoms with Gasteiger partial charge in [0.1, 0.15) is 18.4 Å². The van der Waals surface area contributed by atoms with Crippen LogP contribution in [0.4, 0.5) is 10.1 Å². The highest BCUT2D eigenvalue weighted by atomic mass is 79.9. The topological polar surface area (TPSA) is 86.8 Å². The summed E-state index contributed by atoms with van der Waals surface area (Å²) in [6, 6.07) is 11.4. The van der Waals surface area contributed by atoms with Crippen LogP contribution in [0, 0.1) is 5.82 Å². The average Bonchev–Trinajstić information content (AvgIpc) is 2.70. The molecule has 7 nitrogen and oxygen atoms in total. The van der Waals surface area contributed by atoms with Crippen LogP contribution in [0.1, 0.15) is 26.3 Å². The highest BCUT2D eigenvalue weighted by molar-refractivity contribution is 9.10. The number of hydrogen-bond donors (Lipinski definition) is 1. The minimum atomic E-state index is -3.83. The van der Waals surface area contributed by atoms with Gasteiger partial charge in [-0.1, -0.05) is 30.3 Å². The van der Waals surface area contributed by atoms with E-state index in [4.69, 9.17) is 0 Å². The Morgan fingerprint density at radius 1 is 1.06 bits per heavy atom. The minimum absolute atomic E-state index is 0.164. The van der Waals surface area contributed by atoms with Gasteiger partial charge in [0.05, 0.1) is 11.9 Å². The Kier molecular flexibility index (Phi) is 8.80. The van der Waals surface area contributed by atoms with Crippen LogP contribution < -0.4 is 9.62 Å². The van der Waals surface area contributed by atoms with Crippen molar-refractivity contribution in [2.75, 3.05) is 17.1 Å². The number of rotatable bonds is 9. The van der Waals surface area contributed by atoms with Gasteiger partial charge in [0.2, 0.25) is 21.8 Å². The van der Waals surface area contributed by atoms with Gasteiger partial charge in [-0.05, 0) is 54.9 Å². The maximum absolute atomic E-state index is 14.3. The molecule has 0 spiro atoms. The van der Waals surface area contributed by atoms with Gasteiger partial charge >= 0.3 is 0 Å². The first-order chi connectivity index (χ1) is 14.9. The van der Waals surface area contributed by atoms with Crippen molar-refractivity contribution in [2.45, 2.75) is 39.4 Å². The second kappa shape index (κ2) is 10.9. The molecule has 0 fully saturated rings. The summed E-state index contributed by atoms with van der Waals surface area (Å²) in [7, 11) is -3.83. The fourth-order valence-electron chi connectivity index (χ4n) is 3.05. The molecule has 0 radical (unpaired) electrons. The van der Waals surface area contributed by atoms with Gasteiger partial charge in [-0.25, -0.2) is 12.8 Å². The zero-order valence-electron chi connectivity index (χ0n) is 18.4. The fraction of sp³-hybridized carbons (Fsp3) is 0.364. The smallest absolute Gasteiger partial charge is 0.244 e. The summed E-state index contributed by atoms with van der Waals surface area (Å²) in [6.45, 7) is 4.36. The van der Waals surface area contributed by atoms with Gasteiger partial charge in [-0.3, -0.25) is 13.9 Å². The molecule has 1 N–H and O–H groups in total. The number of sulfonamides is 1. The van der Waals surface area contributed by atoms with E-state index in [0.717, 1.165) is 10.6 Å². The second-order valence-electron chi connectivity index (χ2n) is 7.67. The highest BCUT2D eigenvalue weighted by Crippen LogP contribution is 2.28. The van der Waals surface area contributed by atoms with E-state index >= 15 is 0 Å². The Labute approximate surface area is 196 Å². The number of anilines is 1. The molecule has 174 valence electrons. The third-order valence-corrected chi connectivity index (χ3v) is 6.49. The Morgan fingerprint density at radius 2 is 1.66 bits per heavy atom. The molecule has 0 aliphatic heterocycles. The van der Waals surface area contributed by atoms with Crippen LogP contribution in [-0.2, 0) is 26.2 Å². The third-order valence-electron chi connectivity index (χ3n) is 4.70. The second-order valence-corrected chi connectivity index (χ2v) is 10.4. The zero-order chi connectivity index (χ0) is 24.1. The van der Waals surface area contributed by atoms with Gasteiger partial charge in [-0.15, -0.1) is 0 Å². The lowest BCUT2D eigenvalue weighted by atomic mass is 10.1. The largest absolute Gasteiger partial charge is 0.352 e. The van der Waals surface area contributed by atoms with Crippen molar-refractivity contribution in [3.8, 4) is 0 Å². The van der Waals surface area contributed by atoms with Crippen LogP contribution in [0.3, 0.4) is 0 Å². The van der Waals surface area contributed by atoms with Crippen molar-refractivity contribution in [1.29, 1.82) is 0 Å². The minimum Gasteiger partial charge on any atom is -0.352 e. The number of amides is 2. The molecule has 1 atom stereocenters. The fourth-order valence-corrected chi connectivity index (χ4v) is 4.52. The maximum Gasteiger partial charge on any atom is 0.244 e. The first kappa shape index (κ1) is 25.8. The predicted molar refractivity (Wildman–Crippen MR) is 126 cm³/mol. The molecule has 0 aliphatic rings. The molecule has 2 amide bonds. The molecule has 2 rings (SSSR count). The van der Waals surface area contributed by atoms with Crippen LogP contribution >= 0.6 is 15.9 Å². The molecule has 2 aromatic carbocycles. The van der Waals surface area contributed by atoms with Crippen molar-refractivity contribution in [1.82, 2.24) is 10.2 Å². The van der Waals surface area contributed by atoms with Crippen molar-refractivity contribution >= 4 is 43.5 Å². The lowest BCUT2D eigenvalue weighted by Crippen LogP contribution is -2.52. The van der Waals surface area contributed by atoms with E-state index in [1.807, 2.05) is 0 Å². The van der Waals surface area contributed by atoms with E-state index in [9.17, 15) is 22.4 Å². The number of para-hydroxylation sites is 1. The summed E-state index contributed by atoms with van der Waals surface area (Å²) in [5.74, 6) is -1.58. The molecular formula is C22H27BrFN3O4S. The summed E-state index contributed by atoms with van der Waals surface area (Å²) in [5.41, 5.74) is 0.505. The predicted octanol–water partition coefficient (Wildman–Crippen LogP) is 3.30. The summed E-state index contributed by atoms with van der Waals surface area (Å²) in [4.78, 5) is 27.2. The van der Waals surface area contributed by atoms with E-state index < -0.39 is 40.2 Å². The van der Waals surface area contributed by atoms with Crippen LogP contribution in [-0.4, -0.2) is 50.0 Å². The van der Waals surface area contributed by atoms with Gasteiger partial charge in [0.25, 0.3) is 0 Å². The summed E-state index contributed by atoms with van der Waals surface area (Å²) in [5, 5.41) is 2.74. The van der Waals surface area contributed by atoms with Gasteiger partial charge in [0, 0.05) is 22.6 Å². The molecule has 32 heavy (non-hydrogen) atoms. The Hall–Kier alpha value is -2.46. The monoisotopic (exact) mass is 527 g/mol. The van der Waals surface area contributed by atoms with E-state index in [0.29, 0.717) is 4.47 Å². The van der Waals surface area contributed by atoms with Crippen molar-refractivity contribution in [2.24, 2.45) is 0 Å². The van der Waals surface area contributed by atoms with Crippen LogP contribution in [0.15, 0.2) is 53.0 Å². The number of carbonyl (C=O) groups is 2. The van der Waals surface area contributed by atoms with E-state index in [2.05, 4.69) is 21.2 Å². The summed E-state index contributed by atoms with van der Waals surface area (Å²) in [6.07, 6.45) is 0.996. The number of nitrogens with one attached hydrogen (secondary N) is 1. The lowest BCUT2D eigenvalue weighted by Gasteiger charge is -2.32. The molecule has 0 aromatic heterocycles. The highest BCUT2D eigenvalue weighted by Gasteiger charge is 2.31. The number of hydrogen-bond acceptors (Lipinski definition) is 4. The first-order valence-electron chi connectivity index (χ1n) is 9.97. The van der Waals surface area contributed by atoms with Crippen molar-refractivity contribution < 1.29 is 22.4 Å². The van der Waals surface area contributed by atoms with Crippen LogP contribution in [0.2, 0.25) is 0 Å². The molecule has 0 unspecified atom stereocenters. The van der Waals surface area contributed by atoms with E-state index in [1.165, 1.54) is 30.0 Å². The number of carbonyl (C=O) groups excluding carboxylic acids is 2. The number of nitrogens with zero attached hydrogens (tertiary/aromatic N) is 2. The zero-order valence-corrected chi connectivity index (χ0v) is 20.8. The molecule has 0 heterocycles. The quantitative estimate of drug-likeness (QED) is 0.542. The SMILES string of the molecule is CC(C)NC(=O)[C@@H](C)N(Cc1ccccc1F)C(=O)CN(c1ccccc1Br)S(C)(=O)=O. The molecule has 0 saturated carbocycles.